The highest BCUT2D eigenvalue weighted by molar-refractivity contribution is 8.08. The summed E-state index contributed by atoms with van der Waals surface area (Å²) in [6, 6.07) is -1.04. The molecule has 11 unspecified atom stereocenters. The molecule has 3 fully saturated rings. The molecule has 3 rings (SSSR count). The van der Waals surface area contributed by atoms with Gasteiger partial charge < -0.3 is 154 Å². The number of rotatable bonds is 63. The quantitative estimate of drug-likeness (QED) is 0.0307. The average molecular weight is 1630 g/mol. The summed E-state index contributed by atoms with van der Waals surface area (Å²) in [5, 5.41) is 92.7. The smallest absolute Gasteiger partial charge is 0.324 e. The number of hydrogen-bond donors (Lipinski definition) is 14. The third-order valence-corrected chi connectivity index (χ3v) is 23.4. The Hall–Kier alpha value is 0.830. The summed E-state index contributed by atoms with van der Waals surface area (Å²) in [7, 11) is 1.30. The number of aliphatic hydroxyl groups excluding tert-OH is 9. The molecule has 1 amide bonds. The van der Waals surface area contributed by atoms with E-state index in [-0.39, 0.29) is 99.1 Å². The van der Waals surface area contributed by atoms with Crippen molar-refractivity contribution in [3.63, 3.8) is 0 Å². The summed E-state index contributed by atoms with van der Waals surface area (Å²) in [5.74, 6) is -1.43. The van der Waals surface area contributed by atoms with Gasteiger partial charge in [-0.2, -0.15) is 0 Å². The molecule has 0 aromatic carbocycles. The van der Waals surface area contributed by atoms with Crippen molar-refractivity contribution >= 4 is 80.0 Å². The predicted octanol–water partition coefficient (Wildman–Crippen LogP) is 3.22. The van der Waals surface area contributed by atoms with E-state index in [0.29, 0.717) is 103 Å². The van der Waals surface area contributed by atoms with E-state index in [4.69, 9.17) is 131 Å². The van der Waals surface area contributed by atoms with Crippen LogP contribution in [0.1, 0.15) is 143 Å². The van der Waals surface area contributed by atoms with E-state index in [0.717, 1.165) is 38.5 Å². The Labute approximate surface area is 621 Å². The molecule has 606 valence electrons. The standard InChI is InChI=1S/C61H121NO32P4S4/c1-45-52(67)54(69)48(38-63)92-58(45)82-28-14-6-10-18-32-86-96(74,100)89-35-21-25-79-42-61(41-78-24-13-5-9-17-31-85-95(73,99)77-4,43-80-26-22-36-90-97(75,101)87-33-19-11-7-15-29-83-59-46(2)53(68)55(70)49(39-64)93-59)44-81-27-23-37-91-98(76,102)88-34-20-12-8-16-30-84-60-51(62-47(3)66)57(72)56(71)50(40-65)94-60/h45-46,48-60,63-65,67-72H,5-44H2,1-4H3,(H,62,66)(H,73,99)(H,74,100)(H,75,101)(H,76,102)/t45-,46?,48?,49?,50?,51?,52?,53+,54-,55-,56-,57+,58+,59+,60+,61?,95?,96?,97?,98?/m0/s1. The van der Waals surface area contributed by atoms with Gasteiger partial charge in [0.05, 0.1) is 110 Å². The van der Waals surface area contributed by atoms with Crippen molar-refractivity contribution in [1.82, 2.24) is 5.32 Å². The largest absolute Gasteiger partial charge is 0.394 e. The number of nitrogens with one attached hydrogen (secondary N) is 1. The van der Waals surface area contributed by atoms with Crippen LogP contribution in [0.5, 0.6) is 0 Å². The van der Waals surface area contributed by atoms with Gasteiger partial charge in [0.25, 0.3) is 0 Å². The number of ether oxygens (including phenoxy) is 10. The maximum absolute atomic E-state index is 11.7. The van der Waals surface area contributed by atoms with Crippen molar-refractivity contribution in [3.05, 3.63) is 0 Å². The van der Waals surface area contributed by atoms with Crippen LogP contribution in [0, 0.1) is 17.3 Å². The highest BCUT2D eigenvalue weighted by atomic mass is 32.5. The third-order valence-electron chi connectivity index (χ3n) is 16.7. The number of unbranched alkanes of at least 4 members (excludes halogenated alkanes) is 12. The molecule has 33 nitrogen and oxygen atoms in total. The van der Waals surface area contributed by atoms with Gasteiger partial charge in [0.2, 0.25) is 5.91 Å². The maximum atomic E-state index is 11.7. The lowest BCUT2D eigenvalue weighted by Gasteiger charge is -2.42. The summed E-state index contributed by atoms with van der Waals surface area (Å²) in [5.41, 5.74) is -0.904. The molecule has 3 aliphatic rings. The summed E-state index contributed by atoms with van der Waals surface area (Å²) in [6.45, 7) is -7.95. The first-order chi connectivity index (χ1) is 48.6. The number of aliphatic hydroxyl groups is 9. The van der Waals surface area contributed by atoms with E-state index in [1.807, 2.05) is 0 Å². The first-order valence-corrected chi connectivity index (χ1v) is 45.6. The van der Waals surface area contributed by atoms with E-state index in [1.165, 1.54) is 14.0 Å². The SMILES string of the molecule is COP(O)(=S)OCCCCCCOCC(COCCCOP(O)(=S)OCCCCCCO[C@@H]1OC(CO)[C@H](O)[C@H](O)C1C)(COCCCOP(O)(=S)OCCCCCCO[C@@H]1OC(CO)[C@H](O)[C@H](O)C1NC(C)=O)COCCCOP(O)(=S)OCCCCCCO[C@@H]1OC(CO)[C@H](O)C(O)[C@@H]1C. The van der Waals surface area contributed by atoms with Gasteiger partial charge in [-0.25, -0.2) is 0 Å². The van der Waals surface area contributed by atoms with Gasteiger partial charge in [-0.3, -0.25) is 4.79 Å². The summed E-state index contributed by atoms with van der Waals surface area (Å²) in [6.07, 6.45) is -1.17. The Kier molecular flexibility index (Phi) is 51.8. The zero-order valence-corrected chi connectivity index (χ0v) is 66.3. The van der Waals surface area contributed by atoms with Crippen LogP contribution in [0.4, 0.5) is 0 Å². The van der Waals surface area contributed by atoms with Crippen LogP contribution in [-0.4, -0.2) is 297 Å². The van der Waals surface area contributed by atoms with E-state index in [1.54, 1.807) is 13.8 Å². The van der Waals surface area contributed by atoms with Gasteiger partial charge in [-0.1, -0.05) is 65.2 Å². The number of carbonyl (C=O) groups excluding carboxylic acids is 1. The number of hydrogen-bond acceptors (Lipinski definition) is 32. The van der Waals surface area contributed by atoms with Crippen molar-refractivity contribution in [3.8, 4) is 0 Å². The van der Waals surface area contributed by atoms with Crippen molar-refractivity contribution in [2.75, 3.05) is 146 Å². The van der Waals surface area contributed by atoms with Gasteiger partial charge in [0, 0.05) is 72.1 Å². The van der Waals surface area contributed by atoms with Gasteiger partial charge in [0.1, 0.15) is 48.8 Å². The first-order valence-electron chi connectivity index (χ1n) is 35.3. The minimum atomic E-state index is -3.62. The molecule has 0 radical (unpaired) electrons. The molecule has 20 atom stereocenters. The van der Waals surface area contributed by atoms with Crippen LogP contribution in [0.3, 0.4) is 0 Å². The fourth-order valence-electron chi connectivity index (χ4n) is 10.7. The minimum Gasteiger partial charge on any atom is -0.394 e. The Morgan fingerprint density at radius 1 is 0.373 bits per heavy atom. The van der Waals surface area contributed by atoms with E-state index in [9.17, 15) is 70.3 Å². The van der Waals surface area contributed by atoms with Crippen molar-refractivity contribution in [2.45, 2.75) is 223 Å². The molecule has 3 aliphatic heterocycles. The van der Waals surface area contributed by atoms with Gasteiger partial charge in [-0.15, -0.1) is 0 Å². The summed E-state index contributed by atoms with van der Waals surface area (Å²) >= 11 is 20.8. The molecule has 14 N–H and O–H groups in total. The second-order valence-corrected chi connectivity index (χ2v) is 37.0. The van der Waals surface area contributed by atoms with Gasteiger partial charge in [0.15, 0.2) is 18.9 Å². The van der Waals surface area contributed by atoms with Crippen LogP contribution in [0.15, 0.2) is 0 Å². The van der Waals surface area contributed by atoms with Crippen LogP contribution < -0.4 is 5.32 Å². The minimum absolute atomic E-state index is 0.0134. The molecule has 102 heavy (non-hydrogen) atoms. The molecule has 0 spiro atoms. The number of amides is 1. The molecular weight excluding hydrogens is 1510 g/mol. The first kappa shape index (κ1) is 97.0. The van der Waals surface area contributed by atoms with E-state index < -0.39 is 150 Å². The molecule has 41 heteroatoms. The Balaban J connectivity index is 1.52. The third kappa shape index (κ3) is 40.9. The van der Waals surface area contributed by atoms with Crippen molar-refractivity contribution in [1.29, 1.82) is 0 Å². The van der Waals surface area contributed by atoms with Crippen LogP contribution >= 0.6 is 26.9 Å². The molecule has 0 saturated carbocycles. The fraction of sp³-hybridized carbons (Fsp3) is 0.984. The zero-order valence-electron chi connectivity index (χ0n) is 59.4. The topological polar surface area (TPSA) is 458 Å². The van der Waals surface area contributed by atoms with E-state index in [2.05, 4.69) is 5.32 Å². The van der Waals surface area contributed by atoms with Crippen LogP contribution in [0.2, 0.25) is 0 Å². The lowest BCUT2D eigenvalue weighted by molar-refractivity contribution is -0.282. The van der Waals surface area contributed by atoms with Gasteiger partial charge >= 0.3 is 26.9 Å². The van der Waals surface area contributed by atoms with E-state index >= 15 is 0 Å². The zero-order chi connectivity index (χ0) is 75.5. The predicted molar refractivity (Wildman–Crippen MR) is 385 cm³/mol. The summed E-state index contributed by atoms with van der Waals surface area (Å²) in [4.78, 5) is 54.1. The number of carbonyl (C=O) groups is 1. The van der Waals surface area contributed by atoms with Crippen molar-refractivity contribution < 1.29 is 154 Å². The monoisotopic (exact) mass is 1630 g/mol. The second kappa shape index (κ2) is 54.5. The molecule has 0 aliphatic carbocycles. The molecular formula is C61H121NO32P4S4. The summed E-state index contributed by atoms with van der Waals surface area (Å²) < 4.78 is 103. The Morgan fingerprint density at radius 2 is 0.627 bits per heavy atom. The molecule has 3 saturated heterocycles. The maximum Gasteiger partial charge on any atom is 0.324 e. The van der Waals surface area contributed by atoms with Crippen molar-refractivity contribution in [2.24, 2.45) is 17.3 Å². The second-order valence-electron chi connectivity index (χ2n) is 25.5. The normalized spacial score (nSPS) is 28.6. The average Bonchev–Trinajstić information content (AvgIpc) is 0.822. The fourth-order valence-corrected chi connectivity index (χ4v) is 15.1. The molecule has 3 heterocycles. The van der Waals surface area contributed by atoms with Crippen LogP contribution in [-0.2, 0) is 136 Å². The Morgan fingerprint density at radius 3 is 0.931 bits per heavy atom. The Bertz CT molecular complexity index is 2300. The molecule has 0 aromatic rings. The van der Waals surface area contributed by atoms with Gasteiger partial charge in [-0.05, 0) is 118 Å². The highest BCUT2D eigenvalue weighted by Gasteiger charge is 2.46. The lowest BCUT2D eigenvalue weighted by Crippen LogP contribution is -2.64. The lowest BCUT2D eigenvalue weighted by atomic mass is 9.92. The molecule has 0 aromatic heterocycles. The highest BCUT2D eigenvalue weighted by Crippen LogP contribution is 2.46. The van der Waals surface area contributed by atoms with Crippen LogP contribution in [0.25, 0.3) is 0 Å². The molecule has 0 bridgehead atoms.